The van der Waals surface area contributed by atoms with Crippen molar-refractivity contribution in [3.63, 3.8) is 0 Å². The van der Waals surface area contributed by atoms with E-state index in [0.717, 1.165) is 21.2 Å². The number of rotatable bonds is 7. The predicted octanol–water partition coefficient (Wildman–Crippen LogP) is 7.79. The van der Waals surface area contributed by atoms with E-state index in [9.17, 15) is 14.9 Å². The zero-order chi connectivity index (χ0) is 29.4. The Hall–Kier alpha value is -4.99. The van der Waals surface area contributed by atoms with Gasteiger partial charge in [-0.25, -0.2) is 4.98 Å². The minimum atomic E-state index is -0.580. The predicted molar refractivity (Wildman–Crippen MR) is 163 cm³/mol. The summed E-state index contributed by atoms with van der Waals surface area (Å²) in [6.45, 7) is 2.04. The van der Waals surface area contributed by atoms with E-state index in [-0.39, 0.29) is 40.2 Å². The molecule has 6 aromatic rings. The molecule has 0 amide bonds. The van der Waals surface area contributed by atoms with Crippen molar-refractivity contribution in [3.8, 4) is 17.3 Å². The number of para-hydroxylation sites is 1. The summed E-state index contributed by atoms with van der Waals surface area (Å²) < 4.78 is 12.8. The van der Waals surface area contributed by atoms with E-state index in [2.05, 4.69) is 10.1 Å². The van der Waals surface area contributed by atoms with Crippen LogP contribution in [0.5, 0.6) is 5.75 Å². The van der Waals surface area contributed by atoms with Crippen LogP contribution >= 0.6 is 23.2 Å². The number of hydrogen-bond donors (Lipinski definition) is 0. The number of nitro groups is 1. The number of aromatic nitrogens is 2. The molecule has 0 saturated carbocycles. The van der Waals surface area contributed by atoms with Gasteiger partial charge < -0.3 is 9.15 Å². The average molecular weight is 599 g/mol. The normalized spacial score (nSPS) is 11.5. The molecule has 0 atom stereocenters. The molecule has 9 nitrogen and oxygen atoms in total. The van der Waals surface area contributed by atoms with Gasteiger partial charge in [0.25, 0.3) is 5.56 Å². The number of halogens is 2. The molecule has 2 aromatic heterocycles. The smallest absolute Gasteiger partial charge is 0.313 e. The lowest BCUT2D eigenvalue weighted by Gasteiger charge is -2.10. The first-order valence-corrected chi connectivity index (χ1v) is 13.4. The zero-order valence-corrected chi connectivity index (χ0v) is 23.5. The molecule has 0 aliphatic heterocycles. The summed E-state index contributed by atoms with van der Waals surface area (Å²) in [6, 6.07) is 24.1. The number of nitro benzene ring substituents is 1. The van der Waals surface area contributed by atoms with Crippen molar-refractivity contribution in [1.29, 1.82) is 0 Å². The molecule has 0 N–H and O–H groups in total. The number of ether oxygens (including phenoxy) is 1. The Morgan fingerprint density at radius 3 is 2.69 bits per heavy atom. The molecule has 0 radical (unpaired) electrons. The molecule has 208 valence electrons. The van der Waals surface area contributed by atoms with Crippen LogP contribution in [0.1, 0.15) is 16.7 Å². The Balaban J connectivity index is 1.42. The molecule has 11 heteroatoms. The third-order valence-electron chi connectivity index (χ3n) is 6.48. The molecule has 0 saturated heterocycles. The Bertz CT molecular complexity index is 2100. The van der Waals surface area contributed by atoms with Crippen LogP contribution in [0.15, 0.2) is 99.2 Å². The minimum Gasteiger partial charge on any atom is -0.481 e. The summed E-state index contributed by atoms with van der Waals surface area (Å²) in [7, 11) is 0. The fourth-order valence-electron chi connectivity index (χ4n) is 4.55. The maximum absolute atomic E-state index is 13.5. The van der Waals surface area contributed by atoms with Crippen molar-refractivity contribution in [1.82, 2.24) is 9.66 Å². The Kier molecular flexibility index (Phi) is 7.20. The maximum Gasteiger partial charge on any atom is 0.313 e. The molecular formula is C31H20Cl2N4O5. The van der Waals surface area contributed by atoms with Gasteiger partial charge in [0.05, 0.1) is 27.1 Å². The molecule has 0 fully saturated rings. The van der Waals surface area contributed by atoms with Gasteiger partial charge in [-0.15, -0.1) is 0 Å². The van der Waals surface area contributed by atoms with Crippen LogP contribution < -0.4 is 10.3 Å². The van der Waals surface area contributed by atoms with Gasteiger partial charge in [0.2, 0.25) is 11.6 Å². The number of hydrogen-bond acceptors (Lipinski definition) is 7. The van der Waals surface area contributed by atoms with E-state index in [1.54, 1.807) is 48.5 Å². The van der Waals surface area contributed by atoms with Gasteiger partial charge in [-0.1, -0.05) is 65.2 Å². The van der Waals surface area contributed by atoms with Crippen LogP contribution in [-0.2, 0) is 6.61 Å². The number of benzene rings is 4. The van der Waals surface area contributed by atoms with Crippen molar-refractivity contribution in [2.75, 3.05) is 0 Å². The van der Waals surface area contributed by atoms with Crippen molar-refractivity contribution in [2.45, 2.75) is 13.5 Å². The summed E-state index contributed by atoms with van der Waals surface area (Å²) in [4.78, 5) is 29.6. The van der Waals surface area contributed by atoms with Gasteiger partial charge in [0.1, 0.15) is 12.2 Å². The quantitative estimate of drug-likeness (QED) is 0.105. The summed E-state index contributed by atoms with van der Waals surface area (Å²) in [5, 5.41) is 17.9. The Morgan fingerprint density at radius 2 is 1.88 bits per heavy atom. The first kappa shape index (κ1) is 27.2. The van der Waals surface area contributed by atoms with E-state index in [1.807, 2.05) is 31.2 Å². The monoisotopic (exact) mass is 598 g/mol. The molecule has 0 unspecified atom stereocenters. The summed E-state index contributed by atoms with van der Waals surface area (Å²) >= 11 is 12.6. The van der Waals surface area contributed by atoms with Crippen LogP contribution in [-0.4, -0.2) is 20.8 Å². The summed E-state index contributed by atoms with van der Waals surface area (Å²) in [5.74, 6) is 0.364. The average Bonchev–Trinajstić information content (AvgIpc) is 3.39. The second kappa shape index (κ2) is 11.1. The van der Waals surface area contributed by atoms with Crippen LogP contribution in [0.3, 0.4) is 0 Å². The summed E-state index contributed by atoms with van der Waals surface area (Å²) in [6.07, 6.45) is 1.30. The second-order valence-electron chi connectivity index (χ2n) is 9.49. The van der Waals surface area contributed by atoms with Crippen LogP contribution in [0.2, 0.25) is 10.0 Å². The van der Waals surface area contributed by atoms with E-state index in [4.69, 9.17) is 32.4 Å². The molecule has 42 heavy (non-hydrogen) atoms. The third-order valence-corrected chi connectivity index (χ3v) is 7.00. The van der Waals surface area contributed by atoms with Gasteiger partial charge in [0.15, 0.2) is 5.76 Å². The zero-order valence-electron chi connectivity index (χ0n) is 22.0. The molecule has 0 aliphatic carbocycles. The highest BCUT2D eigenvalue weighted by atomic mass is 35.5. The Morgan fingerprint density at radius 1 is 1.05 bits per heavy atom. The van der Waals surface area contributed by atoms with Crippen molar-refractivity contribution < 1.29 is 14.1 Å². The van der Waals surface area contributed by atoms with Gasteiger partial charge >= 0.3 is 5.69 Å². The fourth-order valence-corrected chi connectivity index (χ4v) is 5.01. The lowest BCUT2D eigenvalue weighted by atomic mass is 10.1. The highest BCUT2D eigenvalue weighted by Crippen LogP contribution is 2.36. The third kappa shape index (κ3) is 5.35. The number of nitrogens with zero attached hydrogens (tertiary/aromatic N) is 4. The van der Waals surface area contributed by atoms with E-state index >= 15 is 0 Å². The first-order valence-electron chi connectivity index (χ1n) is 12.7. The molecule has 0 aliphatic rings. The largest absolute Gasteiger partial charge is 0.481 e. The van der Waals surface area contributed by atoms with Crippen molar-refractivity contribution in [3.05, 3.63) is 132 Å². The fraction of sp³-hybridized carbons (Fsp3) is 0.0645. The summed E-state index contributed by atoms with van der Waals surface area (Å²) in [5.41, 5.74) is 2.37. The molecule has 4 aromatic carbocycles. The Labute approximate surface area is 248 Å². The van der Waals surface area contributed by atoms with Crippen LogP contribution in [0, 0.1) is 17.0 Å². The number of aryl methyl sites for hydroxylation is 1. The van der Waals surface area contributed by atoms with Gasteiger partial charge in [-0.2, -0.15) is 9.78 Å². The van der Waals surface area contributed by atoms with Crippen LogP contribution in [0.4, 0.5) is 5.69 Å². The highest BCUT2D eigenvalue weighted by molar-refractivity contribution is 6.32. The van der Waals surface area contributed by atoms with E-state index < -0.39 is 10.5 Å². The van der Waals surface area contributed by atoms with Crippen molar-refractivity contribution >= 4 is 57.0 Å². The van der Waals surface area contributed by atoms with Gasteiger partial charge in [-0.05, 0) is 55.0 Å². The van der Waals surface area contributed by atoms with Crippen LogP contribution in [0.25, 0.3) is 33.5 Å². The minimum absolute atomic E-state index is 0.0247. The highest BCUT2D eigenvalue weighted by Gasteiger charge is 2.21. The molecular weight excluding hydrogens is 579 g/mol. The first-order chi connectivity index (χ1) is 20.3. The topological polar surface area (TPSA) is 113 Å². The molecule has 2 heterocycles. The van der Waals surface area contributed by atoms with Gasteiger partial charge in [0, 0.05) is 22.0 Å². The standard InChI is InChI=1S/C31H20Cl2N4O5/c1-18-5-4-6-19(11-18)17-41-29-24(33)12-20(13-26(29)37(39)40)16-34-36-30(35-25-8-3-2-7-23(25)31(36)38)28-15-21-14-22(32)9-10-27(21)42-28/h2-16H,17H2,1H3. The van der Waals surface area contributed by atoms with E-state index in [1.165, 1.54) is 18.3 Å². The SMILES string of the molecule is Cc1cccc(COc2c(Cl)cc(C=Nn3c(-c4cc5cc(Cl)ccc5o4)nc4ccccc4c3=O)cc2[N+](=O)[O-])c1. The lowest BCUT2D eigenvalue weighted by molar-refractivity contribution is -0.385. The van der Waals surface area contributed by atoms with Gasteiger partial charge in [-0.3, -0.25) is 14.9 Å². The number of fused-ring (bicyclic) bond motifs is 2. The van der Waals surface area contributed by atoms with E-state index in [0.29, 0.717) is 21.5 Å². The molecule has 0 spiro atoms. The van der Waals surface area contributed by atoms with Crippen molar-refractivity contribution in [2.24, 2.45) is 5.10 Å². The number of furan rings is 1. The second-order valence-corrected chi connectivity index (χ2v) is 10.3. The maximum atomic E-state index is 13.5. The molecule has 0 bridgehead atoms. The molecule has 6 rings (SSSR count). The lowest BCUT2D eigenvalue weighted by Crippen LogP contribution is -2.20.